The normalized spacial score (nSPS) is 21.5. The Morgan fingerprint density at radius 2 is 1.76 bits per heavy atom. The van der Waals surface area contributed by atoms with Crippen molar-refractivity contribution in [2.75, 3.05) is 31.2 Å². The summed E-state index contributed by atoms with van der Waals surface area (Å²) in [7, 11) is 0. The number of nitrogens with zero attached hydrogens (tertiary/aromatic N) is 3. The van der Waals surface area contributed by atoms with Crippen molar-refractivity contribution in [2.45, 2.75) is 50.7 Å². The van der Waals surface area contributed by atoms with Gasteiger partial charge in [0.15, 0.2) is 0 Å². The number of anilines is 1. The first-order valence-electron chi connectivity index (χ1n) is 13.1. The lowest BCUT2D eigenvalue weighted by atomic mass is 9.87. The maximum Gasteiger partial charge on any atom is 0.149 e. The summed E-state index contributed by atoms with van der Waals surface area (Å²) in [5.74, 6) is -2.47. The molecule has 4 heterocycles. The SMILES string of the molecule is C[C@@H]1C[C@H](N)CN(c2ccncc2CCc2ccc(F)c(-c3c(F)cc(C4(F)CCOCC4)cc3F)n2)C1. The molecule has 2 aliphatic rings. The number of ether oxygens (including phenoxy) is 1. The van der Waals surface area contributed by atoms with Crippen molar-refractivity contribution in [1.29, 1.82) is 0 Å². The molecule has 38 heavy (non-hydrogen) atoms. The molecule has 0 saturated carbocycles. The minimum Gasteiger partial charge on any atom is -0.381 e. The van der Waals surface area contributed by atoms with Gasteiger partial charge in [0.2, 0.25) is 0 Å². The van der Waals surface area contributed by atoms with Crippen LogP contribution in [0.15, 0.2) is 42.7 Å². The molecule has 0 radical (unpaired) electrons. The van der Waals surface area contributed by atoms with Crippen molar-refractivity contribution in [3.05, 3.63) is 77.0 Å². The lowest BCUT2D eigenvalue weighted by molar-refractivity contribution is -0.0117. The predicted molar refractivity (Wildman–Crippen MR) is 138 cm³/mol. The third-order valence-electron chi connectivity index (χ3n) is 7.55. The van der Waals surface area contributed by atoms with E-state index in [9.17, 15) is 4.39 Å². The number of rotatable bonds is 6. The Bertz CT molecular complexity index is 1260. The molecule has 5 rings (SSSR count). The van der Waals surface area contributed by atoms with E-state index < -0.39 is 34.4 Å². The predicted octanol–water partition coefficient (Wildman–Crippen LogP) is 5.49. The third kappa shape index (κ3) is 5.54. The molecule has 2 aliphatic heterocycles. The van der Waals surface area contributed by atoms with Gasteiger partial charge in [0.1, 0.15) is 28.8 Å². The van der Waals surface area contributed by atoms with Gasteiger partial charge in [-0.15, -0.1) is 0 Å². The zero-order valence-corrected chi connectivity index (χ0v) is 21.4. The van der Waals surface area contributed by atoms with Crippen molar-refractivity contribution in [3.8, 4) is 11.3 Å². The Kier molecular flexibility index (Phi) is 7.68. The Morgan fingerprint density at radius 3 is 2.47 bits per heavy atom. The van der Waals surface area contributed by atoms with Gasteiger partial charge >= 0.3 is 0 Å². The summed E-state index contributed by atoms with van der Waals surface area (Å²) in [4.78, 5) is 10.8. The highest BCUT2D eigenvalue weighted by atomic mass is 19.1. The van der Waals surface area contributed by atoms with Crippen LogP contribution in [0.25, 0.3) is 11.3 Å². The zero-order valence-electron chi connectivity index (χ0n) is 21.4. The Hall–Kier alpha value is -3.04. The highest BCUT2D eigenvalue weighted by molar-refractivity contribution is 5.63. The van der Waals surface area contributed by atoms with Crippen LogP contribution in [0.5, 0.6) is 0 Å². The Balaban J connectivity index is 1.39. The molecule has 0 bridgehead atoms. The highest BCUT2D eigenvalue weighted by Crippen LogP contribution is 2.39. The molecule has 1 aromatic carbocycles. The van der Waals surface area contributed by atoms with Gasteiger partial charge in [0, 0.05) is 69.0 Å². The number of pyridine rings is 2. The molecule has 9 heteroatoms. The van der Waals surface area contributed by atoms with E-state index in [4.69, 9.17) is 10.5 Å². The van der Waals surface area contributed by atoms with Gasteiger partial charge in [-0.05, 0) is 66.6 Å². The van der Waals surface area contributed by atoms with Crippen molar-refractivity contribution in [2.24, 2.45) is 11.7 Å². The van der Waals surface area contributed by atoms with Crippen LogP contribution in [-0.2, 0) is 23.2 Å². The Labute approximate surface area is 220 Å². The van der Waals surface area contributed by atoms with Gasteiger partial charge < -0.3 is 15.4 Å². The lowest BCUT2D eigenvalue weighted by Crippen LogP contribution is -2.46. The van der Waals surface area contributed by atoms with Crippen LogP contribution in [0.4, 0.5) is 23.2 Å². The number of piperidine rings is 1. The minimum absolute atomic E-state index is 0.00588. The monoisotopic (exact) mass is 528 g/mol. The van der Waals surface area contributed by atoms with E-state index in [0.717, 1.165) is 49.0 Å². The van der Waals surface area contributed by atoms with Crippen LogP contribution in [0.1, 0.15) is 43.0 Å². The van der Waals surface area contributed by atoms with E-state index in [1.807, 2.05) is 6.07 Å². The fourth-order valence-electron chi connectivity index (χ4n) is 5.62. The summed E-state index contributed by atoms with van der Waals surface area (Å²) in [6, 6.07) is 6.63. The number of hydrogen-bond acceptors (Lipinski definition) is 5. The summed E-state index contributed by atoms with van der Waals surface area (Å²) < 4.78 is 65.5. The smallest absolute Gasteiger partial charge is 0.149 e. The van der Waals surface area contributed by atoms with Gasteiger partial charge in [-0.1, -0.05) is 6.92 Å². The summed E-state index contributed by atoms with van der Waals surface area (Å²) >= 11 is 0. The molecule has 5 nitrogen and oxygen atoms in total. The van der Waals surface area contributed by atoms with Crippen molar-refractivity contribution in [3.63, 3.8) is 0 Å². The van der Waals surface area contributed by atoms with Crippen LogP contribution < -0.4 is 10.6 Å². The number of benzene rings is 1. The highest BCUT2D eigenvalue weighted by Gasteiger charge is 2.36. The average molecular weight is 529 g/mol. The first kappa shape index (κ1) is 26.6. The molecule has 0 unspecified atom stereocenters. The lowest BCUT2D eigenvalue weighted by Gasteiger charge is -2.37. The zero-order chi connectivity index (χ0) is 26.9. The van der Waals surface area contributed by atoms with Gasteiger partial charge in [-0.2, -0.15) is 0 Å². The number of aryl methyl sites for hydroxylation is 2. The molecule has 0 spiro atoms. The molecular formula is C29H32F4N4O. The van der Waals surface area contributed by atoms with E-state index in [-0.39, 0.29) is 37.7 Å². The van der Waals surface area contributed by atoms with Gasteiger partial charge in [-0.25, -0.2) is 22.5 Å². The van der Waals surface area contributed by atoms with E-state index in [0.29, 0.717) is 24.5 Å². The largest absolute Gasteiger partial charge is 0.381 e. The molecule has 3 aromatic rings. The summed E-state index contributed by atoms with van der Waals surface area (Å²) in [6.07, 6.45) is 5.50. The van der Waals surface area contributed by atoms with Crippen molar-refractivity contribution >= 4 is 5.69 Å². The van der Waals surface area contributed by atoms with E-state index in [1.165, 1.54) is 6.07 Å². The second-order valence-electron chi connectivity index (χ2n) is 10.5. The molecule has 202 valence electrons. The maximum absolute atomic E-state index is 15.3. The van der Waals surface area contributed by atoms with E-state index in [2.05, 4.69) is 21.8 Å². The fraction of sp³-hybridized carbons (Fsp3) is 0.448. The molecule has 2 atom stereocenters. The Morgan fingerprint density at radius 1 is 1.03 bits per heavy atom. The third-order valence-corrected chi connectivity index (χ3v) is 7.55. The molecule has 2 aromatic heterocycles. The van der Waals surface area contributed by atoms with Gasteiger partial charge in [0.25, 0.3) is 0 Å². The van der Waals surface area contributed by atoms with Crippen LogP contribution in [-0.4, -0.2) is 42.3 Å². The van der Waals surface area contributed by atoms with Crippen molar-refractivity contribution < 1.29 is 22.3 Å². The number of alkyl halides is 1. The second kappa shape index (κ2) is 11.0. The summed E-state index contributed by atoms with van der Waals surface area (Å²) in [5.41, 5.74) is 5.76. The first-order valence-corrected chi connectivity index (χ1v) is 13.1. The van der Waals surface area contributed by atoms with Gasteiger partial charge in [-0.3, -0.25) is 4.98 Å². The second-order valence-corrected chi connectivity index (χ2v) is 10.5. The molecule has 2 saturated heterocycles. The minimum atomic E-state index is -1.89. The maximum atomic E-state index is 15.3. The van der Waals surface area contributed by atoms with E-state index >= 15 is 13.2 Å². The summed E-state index contributed by atoms with van der Waals surface area (Å²) in [5, 5.41) is 0. The number of halogens is 4. The van der Waals surface area contributed by atoms with E-state index in [1.54, 1.807) is 12.4 Å². The molecule has 2 N–H and O–H groups in total. The van der Waals surface area contributed by atoms with Crippen LogP contribution in [0.3, 0.4) is 0 Å². The number of nitrogens with two attached hydrogens (primary N) is 1. The topological polar surface area (TPSA) is 64.3 Å². The van der Waals surface area contributed by atoms with Crippen molar-refractivity contribution in [1.82, 2.24) is 9.97 Å². The molecular weight excluding hydrogens is 496 g/mol. The van der Waals surface area contributed by atoms with Crippen LogP contribution in [0.2, 0.25) is 0 Å². The standard InChI is InChI=1S/C29H32F4N4O/c1-18-12-21(34)17-37(16-18)26-6-9-35-15-19(26)2-3-22-4-5-23(30)28(36-22)27-24(31)13-20(14-25(27)32)29(33)7-10-38-11-8-29/h4-6,9,13-15,18,21H,2-3,7-8,10-12,16-17,34H2,1H3/t18-,21+/m1/s1. The fourth-order valence-corrected chi connectivity index (χ4v) is 5.62. The first-order chi connectivity index (χ1) is 18.2. The number of hydrogen-bond donors (Lipinski definition) is 1. The molecule has 0 aliphatic carbocycles. The molecule has 0 amide bonds. The average Bonchev–Trinajstić information content (AvgIpc) is 2.88. The quantitative estimate of drug-likeness (QED) is 0.429. The van der Waals surface area contributed by atoms with Crippen LogP contribution in [0, 0.1) is 23.4 Å². The number of aromatic nitrogens is 2. The molecule has 2 fully saturated rings. The summed E-state index contributed by atoms with van der Waals surface area (Å²) in [6.45, 7) is 4.16. The van der Waals surface area contributed by atoms with Gasteiger partial charge in [0.05, 0.1) is 5.56 Å². The van der Waals surface area contributed by atoms with Crippen LogP contribution >= 0.6 is 0 Å².